The molecule has 1 aromatic carbocycles. The zero-order chi connectivity index (χ0) is 14.5. The summed E-state index contributed by atoms with van der Waals surface area (Å²) in [5, 5.41) is 2.08. The van der Waals surface area contributed by atoms with E-state index in [-0.39, 0.29) is 0 Å². The number of amides is 1. The third-order valence-electron chi connectivity index (χ3n) is 2.77. The van der Waals surface area contributed by atoms with E-state index in [9.17, 15) is 13.2 Å². The summed E-state index contributed by atoms with van der Waals surface area (Å²) in [6.45, 7) is 3.55. The van der Waals surface area contributed by atoms with E-state index in [1.54, 1.807) is 26.0 Å². The summed E-state index contributed by atoms with van der Waals surface area (Å²) in [6, 6.07) is 7.35. The molecule has 6 heteroatoms. The van der Waals surface area contributed by atoms with Crippen LogP contribution in [0.2, 0.25) is 0 Å². The van der Waals surface area contributed by atoms with Gasteiger partial charge in [0.25, 0.3) is 0 Å². The van der Waals surface area contributed by atoms with Crippen LogP contribution >= 0.6 is 0 Å². The van der Waals surface area contributed by atoms with Gasteiger partial charge in [0.2, 0.25) is 5.91 Å². The van der Waals surface area contributed by atoms with Gasteiger partial charge in [-0.1, -0.05) is 12.1 Å². The third kappa shape index (κ3) is 5.30. The fourth-order valence-electron chi connectivity index (χ4n) is 1.43. The molecule has 3 N–H and O–H groups in total. The highest BCUT2D eigenvalue weighted by Crippen LogP contribution is 2.05. The standard InChI is InChI=1S/C13H20N2O3S/c1-10(2)19(17,18)9-13(16)15-8-7-11-3-5-12(14)6-4-11/h3-6,10H,7-9,14H2,1-2H3,(H,15,16). The van der Waals surface area contributed by atoms with Crippen molar-refractivity contribution < 1.29 is 13.2 Å². The van der Waals surface area contributed by atoms with Gasteiger partial charge in [-0.2, -0.15) is 0 Å². The number of rotatable bonds is 6. The minimum absolute atomic E-state index is 0.413. The second-order valence-electron chi connectivity index (χ2n) is 4.70. The van der Waals surface area contributed by atoms with Crippen LogP contribution in [0.5, 0.6) is 0 Å². The van der Waals surface area contributed by atoms with E-state index >= 15 is 0 Å². The number of nitrogens with two attached hydrogens (primary N) is 1. The Bertz CT molecular complexity index is 521. The molecule has 0 aliphatic rings. The molecule has 0 aliphatic carbocycles. The number of anilines is 1. The molecule has 0 radical (unpaired) electrons. The summed E-state index contributed by atoms with van der Waals surface area (Å²) in [5.74, 6) is -0.906. The molecule has 0 heterocycles. The van der Waals surface area contributed by atoms with E-state index in [1.807, 2.05) is 12.1 Å². The molecular weight excluding hydrogens is 264 g/mol. The van der Waals surface area contributed by atoms with Crippen molar-refractivity contribution in [3.05, 3.63) is 29.8 Å². The predicted octanol–water partition coefficient (Wildman–Crippen LogP) is 0.751. The van der Waals surface area contributed by atoms with Crippen LogP contribution in [-0.4, -0.2) is 31.9 Å². The lowest BCUT2D eigenvalue weighted by Gasteiger charge is -2.08. The average Bonchev–Trinajstić information content (AvgIpc) is 2.31. The molecule has 0 aliphatic heterocycles. The fourth-order valence-corrected chi connectivity index (χ4v) is 2.23. The SMILES string of the molecule is CC(C)S(=O)(=O)CC(=O)NCCc1ccc(N)cc1. The molecule has 0 saturated carbocycles. The van der Waals surface area contributed by atoms with Crippen LogP contribution in [0.1, 0.15) is 19.4 Å². The molecule has 0 atom stereocenters. The number of carbonyl (C=O) groups excluding carboxylic acids is 1. The summed E-state index contributed by atoms with van der Waals surface area (Å²) < 4.78 is 23.1. The zero-order valence-electron chi connectivity index (χ0n) is 11.2. The molecular formula is C13H20N2O3S. The number of hydrogen-bond acceptors (Lipinski definition) is 4. The summed E-state index contributed by atoms with van der Waals surface area (Å²) in [6.07, 6.45) is 0.647. The molecule has 0 unspecified atom stereocenters. The molecule has 1 aromatic rings. The highest BCUT2D eigenvalue weighted by Gasteiger charge is 2.20. The summed E-state index contributed by atoms with van der Waals surface area (Å²) >= 11 is 0. The molecule has 1 rings (SSSR count). The van der Waals surface area contributed by atoms with Gasteiger partial charge in [0.15, 0.2) is 9.84 Å². The average molecular weight is 284 g/mol. The van der Waals surface area contributed by atoms with Crippen molar-refractivity contribution >= 4 is 21.4 Å². The normalized spacial score (nSPS) is 11.5. The number of carbonyl (C=O) groups is 1. The molecule has 106 valence electrons. The Balaban J connectivity index is 2.37. The summed E-state index contributed by atoms with van der Waals surface area (Å²) in [4.78, 5) is 11.5. The lowest BCUT2D eigenvalue weighted by atomic mass is 10.1. The maximum atomic E-state index is 11.5. The monoisotopic (exact) mass is 284 g/mol. The predicted molar refractivity (Wildman–Crippen MR) is 76.5 cm³/mol. The van der Waals surface area contributed by atoms with Crippen LogP contribution in [-0.2, 0) is 21.1 Å². The first-order valence-electron chi connectivity index (χ1n) is 6.14. The maximum absolute atomic E-state index is 11.5. The molecule has 0 aromatic heterocycles. The molecule has 1 amide bonds. The minimum Gasteiger partial charge on any atom is -0.399 e. The molecule has 0 fully saturated rings. The molecule has 19 heavy (non-hydrogen) atoms. The van der Waals surface area contributed by atoms with Crippen LogP contribution in [0.25, 0.3) is 0 Å². The van der Waals surface area contributed by atoms with E-state index in [0.29, 0.717) is 18.7 Å². The van der Waals surface area contributed by atoms with Crippen molar-refractivity contribution in [2.45, 2.75) is 25.5 Å². The molecule has 0 spiro atoms. The second-order valence-corrected chi connectivity index (χ2v) is 7.25. The summed E-state index contributed by atoms with van der Waals surface area (Å²) in [7, 11) is -3.33. The first kappa shape index (κ1) is 15.5. The van der Waals surface area contributed by atoms with Gasteiger partial charge in [-0.05, 0) is 38.0 Å². The Morgan fingerprint density at radius 2 is 1.84 bits per heavy atom. The van der Waals surface area contributed by atoms with Crippen molar-refractivity contribution in [1.82, 2.24) is 5.32 Å². The highest BCUT2D eigenvalue weighted by atomic mass is 32.2. The van der Waals surface area contributed by atoms with E-state index in [2.05, 4.69) is 5.32 Å². The zero-order valence-corrected chi connectivity index (χ0v) is 12.0. The Labute approximate surface area is 114 Å². The third-order valence-corrected chi connectivity index (χ3v) is 4.87. The molecule has 0 saturated heterocycles. The maximum Gasteiger partial charge on any atom is 0.235 e. The van der Waals surface area contributed by atoms with Crippen LogP contribution in [0, 0.1) is 0 Å². The van der Waals surface area contributed by atoms with E-state index in [4.69, 9.17) is 5.73 Å². The topological polar surface area (TPSA) is 89.3 Å². The van der Waals surface area contributed by atoms with Gasteiger partial charge in [-0.15, -0.1) is 0 Å². The largest absolute Gasteiger partial charge is 0.399 e. The highest BCUT2D eigenvalue weighted by molar-refractivity contribution is 7.92. The van der Waals surface area contributed by atoms with Gasteiger partial charge >= 0.3 is 0 Å². The Morgan fingerprint density at radius 3 is 2.37 bits per heavy atom. The second kappa shape index (κ2) is 6.56. The quantitative estimate of drug-likeness (QED) is 0.754. The lowest BCUT2D eigenvalue weighted by Crippen LogP contribution is -2.34. The van der Waals surface area contributed by atoms with Gasteiger partial charge in [0.1, 0.15) is 5.75 Å². The first-order valence-corrected chi connectivity index (χ1v) is 7.85. The Morgan fingerprint density at radius 1 is 1.26 bits per heavy atom. The van der Waals surface area contributed by atoms with Crippen LogP contribution in [0.4, 0.5) is 5.69 Å². The van der Waals surface area contributed by atoms with Crippen molar-refractivity contribution in [3.63, 3.8) is 0 Å². The lowest BCUT2D eigenvalue weighted by molar-refractivity contribution is -0.118. The number of nitrogens with one attached hydrogen (secondary N) is 1. The summed E-state index contributed by atoms with van der Waals surface area (Å²) in [5.41, 5.74) is 7.30. The van der Waals surface area contributed by atoms with Gasteiger partial charge in [0, 0.05) is 12.2 Å². The first-order chi connectivity index (χ1) is 8.81. The number of sulfone groups is 1. The number of hydrogen-bond donors (Lipinski definition) is 2. The van der Waals surface area contributed by atoms with Crippen molar-refractivity contribution in [2.24, 2.45) is 0 Å². The van der Waals surface area contributed by atoms with Crippen LogP contribution in [0.15, 0.2) is 24.3 Å². The molecule has 5 nitrogen and oxygen atoms in total. The van der Waals surface area contributed by atoms with E-state index < -0.39 is 26.7 Å². The van der Waals surface area contributed by atoms with Gasteiger partial charge in [0.05, 0.1) is 5.25 Å². The van der Waals surface area contributed by atoms with Crippen molar-refractivity contribution in [3.8, 4) is 0 Å². The fraction of sp³-hybridized carbons (Fsp3) is 0.462. The number of nitrogen functional groups attached to an aromatic ring is 1. The van der Waals surface area contributed by atoms with E-state index in [0.717, 1.165) is 5.56 Å². The minimum atomic E-state index is -3.33. The molecule has 0 bridgehead atoms. The van der Waals surface area contributed by atoms with Gasteiger partial charge in [-0.25, -0.2) is 8.42 Å². The van der Waals surface area contributed by atoms with Gasteiger partial charge < -0.3 is 11.1 Å². The smallest absolute Gasteiger partial charge is 0.235 e. The van der Waals surface area contributed by atoms with E-state index in [1.165, 1.54) is 0 Å². The Kier molecular flexibility index (Phi) is 5.35. The number of benzene rings is 1. The van der Waals surface area contributed by atoms with Crippen LogP contribution in [0.3, 0.4) is 0 Å². The van der Waals surface area contributed by atoms with Crippen molar-refractivity contribution in [1.29, 1.82) is 0 Å². The Hall–Kier alpha value is -1.56. The van der Waals surface area contributed by atoms with Crippen LogP contribution < -0.4 is 11.1 Å². The van der Waals surface area contributed by atoms with Gasteiger partial charge in [-0.3, -0.25) is 4.79 Å². The van der Waals surface area contributed by atoms with Crippen molar-refractivity contribution in [2.75, 3.05) is 18.0 Å².